The molecule has 2 heterocycles. The number of aromatic nitrogens is 2. The van der Waals surface area contributed by atoms with Gasteiger partial charge in [0.1, 0.15) is 11.8 Å². The molecule has 0 saturated carbocycles. The molecule has 0 aliphatic rings. The lowest BCUT2D eigenvalue weighted by Gasteiger charge is -2.13. The van der Waals surface area contributed by atoms with Crippen molar-refractivity contribution in [3.05, 3.63) is 48.3 Å². The van der Waals surface area contributed by atoms with E-state index in [2.05, 4.69) is 16.0 Å². The van der Waals surface area contributed by atoms with Crippen molar-refractivity contribution in [3.63, 3.8) is 0 Å². The predicted molar refractivity (Wildman–Crippen MR) is 87.4 cm³/mol. The van der Waals surface area contributed by atoms with Gasteiger partial charge in [0.15, 0.2) is 5.69 Å². The first-order valence-corrected chi connectivity index (χ1v) is 7.24. The first-order valence-electron chi connectivity index (χ1n) is 7.24. The van der Waals surface area contributed by atoms with Crippen LogP contribution in [0.3, 0.4) is 0 Å². The van der Waals surface area contributed by atoms with Gasteiger partial charge >= 0.3 is 0 Å². The third-order valence-electron chi connectivity index (χ3n) is 3.48. The SMILES string of the molecule is CCOc1nc(C#N)c(-c2ccccn2)c2cc(OC)ccc12. The van der Waals surface area contributed by atoms with Gasteiger partial charge < -0.3 is 9.47 Å². The molecule has 1 aromatic carbocycles. The molecule has 2 aromatic heterocycles. The second-order valence-corrected chi connectivity index (χ2v) is 4.81. The van der Waals surface area contributed by atoms with E-state index < -0.39 is 0 Å². The van der Waals surface area contributed by atoms with E-state index in [1.165, 1.54) is 0 Å². The van der Waals surface area contributed by atoms with Crippen LogP contribution >= 0.6 is 0 Å². The molecule has 0 aliphatic heterocycles. The van der Waals surface area contributed by atoms with Gasteiger partial charge in [-0.1, -0.05) is 6.07 Å². The molecule has 0 atom stereocenters. The maximum Gasteiger partial charge on any atom is 0.222 e. The summed E-state index contributed by atoms with van der Waals surface area (Å²) in [7, 11) is 1.61. The fourth-order valence-corrected chi connectivity index (χ4v) is 2.49. The highest BCUT2D eigenvalue weighted by Crippen LogP contribution is 2.36. The maximum atomic E-state index is 9.53. The van der Waals surface area contributed by atoms with Gasteiger partial charge in [0.25, 0.3) is 0 Å². The maximum absolute atomic E-state index is 9.53. The van der Waals surface area contributed by atoms with E-state index in [-0.39, 0.29) is 5.69 Å². The lowest BCUT2D eigenvalue weighted by molar-refractivity contribution is 0.331. The standard InChI is InChI=1S/C18H15N3O2/c1-3-23-18-13-8-7-12(22-2)10-14(13)17(16(11-19)21-18)15-6-4-5-9-20-15/h4-10H,3H2,1-2H3. The van der Waals surface area contributed by atoms with Crippen LogP contribution < -0.4 is 9.47 Å². The second kappa shape index (κ2) is 6.32. The Morgan fingerprint density at radius 3 is 2.70 bits per heavy atom. The molecule has 0 radical (unpaired) electrons. The highest BCUT2D eigenvalue weighted by molar-refractivity contribution is 6.01. The Bertz CT molecular complexity index is 886. The zero-order valence-electron chi connectivity index (χ0n) is 12.9. The highest BCUT2D eigenvalue weighted by Gasteiger charge is 2.17. The fraction of sp³-hybridized carbons (Fsp3) is 0.167. The van der Waals surface area contributed by atoms with Crippen LogP contribution in [0.4, 0.5) is 0 Å². The van der Waals surface area contributed by atoms with Gasteiger partial charge in [-0.3, -0.25) is 4.98 Å². The van der Waals surface area contributed by atoms with Crippen LogP contribution in [0.25, 0.3) is 22.0 Å². The Kier molecular flexibility index (Phi) is 4.07. The zero-order valence-corrected chi connectivity index (χ0v) is 12.9. The summed E-state index contributed by atoms with van der Waals surface area (Å²) in [5.74, 6) is 1.15. The Morgan fingerprint density at radius 1 is 1.17 bits per heavy atom. The summed E-state index contributed by atoms with van der Waals surface area (Å²) in [5, 5.41) is 11.2. The van der Waals surface area contributed by atoms with Crippen molar-refractivity contribution < 1.29 is 9.47 Å². The highest BCUT2D eigenvalue weighted by atomic mass is 16.5. The molecule has 114 valence electrons. The van der Waals surface area contributed by atoms with Gasteiger partial charge in [-0.05, 0) is 37.3 Å². The lowest BCUT2D eigenvalue weighted by atomic mass is 10.0. The van der Waals surface area contributed by atoms with Gasteiger partial charge in [0.2, 0.25) is 5.88 Å². The Labute approximate surface area is 134 Å². The normalized spacial score (nSPS) is 10.3. The molecule has 0 aliphatic carbocycles. The summed E-state index contributed by atoms with van der Waals surface area (Å²) >= 11 is 0. The minimum atomic E-state index is 0.285. The van der Waals surface area contributed by atoms with E-state index in [1.54, 1.807) is 13.3 Å². The molecule has 0 bridgehead atoms. The van der Waals surface area contributed by atoms with E-state index >= 15 is 0 Å². The van der Waals surface area contributed by atoms with Crippen LogP contribution in [-0.2, 0) is 0 Å². The zero-order chi connectivity index (χ0) is 16.2. The first kappa shape index (κ1) is 14.8. The van der Waals surface area contributed by atoms with Crippen molar-refractivity contribution in [2.75, 3.05) is 13.7 Å². The summed E-state index contributed by atoms with van der Waals surface area (Å²) in [4.78, 5) is 8.74. The number of pyridine rings is 2. The summed E-state index contributed by atoms with van der Waals surface area (Å²) in [5.41, 5.74) is 1.66. The molecule has 23 heavy (non-hydrogen) atoms. The Balaban J connectivity index is 2.41. The van der Waals surface area contributed by atoms with Crippen molar-refractivity contribution >= 4 is 10.8 Å². The van der Waals surface area contributed by atoms with Crippen molar-refractivity contribution in [3.8, 4) is 29.0 Å². The first-order chi connectivity index (χ1) is 11.3. The Morgan fingerprint density at radius 2 is 2.04 bits per heavy atom. The monoisotopic (exact) mass is 305 g/mol. The average Bonchev–Trinajstić information content (AvgIpc) is 2.61. The summed E-state index contributed by atoms with van der Waals surface area (Å²) < 4.78 is 10.9. The molecule has 0 N–H and O–H groups in total. The minimum absolute atomic E-state index is 0.285. The minimum Gasteiger partial charge on any atom is -0.497 e. The molecule has 0 unspecified atom stereocenters. The number of hydrogen-bond acceptors (Lipinski definition) is 5. The quantitative estimate of drug-likeness (QED) is 0.737. The number of ether oxygens (including phenoxy) is 2. The number of nitrogens with zero attached hydrogens (tertiary/aromatic N) is 3. The van der Waals surface area contributed by atoms with Crippen molar-refractivity contribution in [2.24, 2.45) is 0 Å². The molecule has 3 aromatic rings. The fourth-order valence-electron chi connectivity index (χ4n) is 2.49. The summed E-state index contributed by atoms with van der Waals surface area (Å²) in [6.07, 6.45) is 1.69. The van der Waals surface area contributed by atoms with E-state index in [0.29, 0.717) is 29.5 Å². The second-order valence-electron chi connectivity index (χ2n) is 4.81. The van der Waals surface area contributed by atoms with Crippen LogP contribution in [0.5, 0.6) is 11.6 Å². The molecule has 0 fully saturated rings. The molecule has 3 rings (SSSR count). The predicted octanol–water partition coefficient (Wildman–Crippen LogP) is 3.58. The molecule has 5 heteroatoms. The Hall–Kier alpha value is -3.13. The van der Waals surface area contributed by atoms with E-state index in [4.69, 9.17) is 9.47 Å². The molecular weight excluding hydrogens is 290 g/mol. The lowest BCUT2D eigenvalue weighted by Crippen LogP contribution is -2.01. The molecule has 0 saturated heterocycles. The number of benzene rings is 1. The van der Waals surface area contributed by atoms with Crippen LogP contribution in [0.2, 0.25) is 0 Å². The van der Waals surface area contributed by atoms with Crippen LogP contribution in [-0.4, -0.2) is 23.7 Å². The molecule has 0 amide bonds. The van der Waals surface area contributed by atoms with E-state index in [9.17, 15) is 5.26 Å². The van der Waals surface area contributed by atoms with Crippen molar-refractivity contribution in [1.29, 1.82) is 5.26 Å². The third kappa shape index (κ3) is 2.67. The molecule has 5 nitrogen and oxygen atoms in total. The van der Waals surface area contributed by atoms with Gasteiger partial charge in [0.05, 0.1) is 19.4 Å². The number of rotatable bonds is 4. The van der Waals surface area contributed by atoms with Gasteiger partial charge in [0, 0.05) is 22.5 Å². The van der Waals surface area contributed by atoms with Crippen LogP contribution in [0, 0.1) is 11.3 Å². The number of hydrogen-bond donors (Lipinski definition) is 0. The van der Waals surface area contributed by atoms with Gasteiger partial charge in [-0.15, -0.1) is 0 Å². The smallest absolute Gasteiger partial charge is 0.222 e. The molecular formula is C18H15N3O2. The van der Waals surface area contributed by atoms with Gasteiger partial charge in [-0.25, -0.2) is 4.98 Å². The number of methoxy groups -OCH3 is 1. The van der Waals surface area contributed by atoms with Crippen molar-refractivity contribution in [2.45, 2.75) is 6.92 Å². The number of fused-ring (bicyclic) bond motifs is 1. The van der Waals surface area contributed by atoms with Gasteiger partial charge in [-0.2, -0.15) is 5.26 Å². The molecule has 0 spiro atoms. The van der Waals surface area contributed by atoms with E-state index in [0.717, 1.165) is 10.8 Å². The number of nitriles is 1. The van der Waals surface area contributed by atoms with Crippen molar-refractivity contribution in [1.82, 2.24) is 9.97 Å². The summed E-state index contributed by atoms with van der Waals surface area (Å²) in [6, 6.07) is 13.3. The average molecular weight is 305 g/mol. The largest absolute Gasteiger partial charge is 0.497 e. The van der Waals surface area contributed by atoms with Crippen LogP contribution in [0.1, 0.15) is 12.6 Å². The third-order valence-corrected chi connectivity index (χ3v) is 3.48. The summed E-state index contributed by atoms with van der Waals surface area (Å²) in [6.45, 7) is 2.36. The van der Waals surface area contributed by atoms with E-state index in [1.807, 2.05) is 43.3 Å². The topological polar surface area (TPSA) is 68.0 Å². The van der Waals surface area contributed by atoms with Crippen LogP contribution in [0.15, 0.2) is 42.6 Å².